The predicted molar refractivity (Wildman–Crippen MR) is 61.2 cm³/mol. The standard InChI is InChI=1S/C11H15NO5/c1-15-10-6-4-5-9(12(13)14)8(10)7-11(16-2)17-3/h4-6,11H,7H2,1-3H3. The summed E-state index contributed by atoms with van der Waals surface area (Å²) in [5, 5.41) is 10.9. The van der Waals surface area contributed by atoms with Crippen LogP contribution in [-0.4, -0.2) is 32.5 Å². The third-order valence-electron chi connectivity index (χ3n) is 2.42. The molecule has 0 saturated carbocycles. The first-order valence-electron chi connectivity index (χ1n) is 4.99. The maximum atomic E-state index is 10.9. The van der Waals surface area contributed by atoms with Gasteiger partial charge in [-0.25, -0.2) is 0 Å². The first-order valence-corrected chi connectivity index (χ1v) is 4.99. The summed E-state index contributed by atoms with van der Waals surface area (Å²) in [4.78, 5) is 10.5. The Morgan fingerprint density at radius 3 is 2.41 bits per heavy atom. The lowest BCUT2D eigenvalue weighted by molar-refractivity contribution is -0.385. The Morgan fingerprint density at radius 1 is 1.29 bits per heavy atom. The largest absolute Gasteiger partial charge is 0.496 e. The van der Waals surface area contributed by atoms with Gasteiger partial charge in [0.15, 0.2) is 6.29 Å². The van der Waals surface area contributed by atoms with Crippen LogP contribution in [0.1, 0.15) is 5.56 Å². The summed E-state index contributed by atoms with van der Waals surface area (Å²) < 4.78 is 15.2. The lowest BCUT2D eigenvalue weighted by atomic mass is 10.1. The van der Waals surface area contributed by atoms with Crippen LogP contribution in [0.2, 0.25) is 0 Å². The van der Waals surface area contributed by atoms with Crippen molar-refractivity contribution in [2.75, 3.05) is 21.3 Å². The van der Waals surface area contributed by atoms with E-state index in [1.165, 1.54) is 27.4 Å². The van der Waals surface area contributed by atoms with Gasteiger partial charge in [-0.2, -0.15) is 0 Å². The fraction of sp³-hybridized carbons (Fsp3) is 0.455. The second-order valence-electron chi connectivity index (χ2n) is 3.32. The minimum absolute atomic E-state index is 0.00319. The maximum Gasteiger partial charge on any atom is 0.276 e. The van der Waals surface area contributed by atoms with Gasteiger partial charge in [0.1, 0.15) is 5.75 Å². The van der Waals surface area contributed by atoms with Gasteiger partial charge >= 0.3 is 0 Å². The van der Waals surface area contributed by atoms with E-state index in [0.29, 0.717) is 11.3 Å². The molecule has 17 heavy (non-hydrogen) atoms. The van der Waals surface area contributed by atoms with Gasteiger partial charge < -0.3 is 14.2 Å². The summed E-state index contributed by atoms with van der Waals surface area (Å²) in [7, 11) is 4.43. The van der Waals surface area contributed by atoms with Crippen LogP contribution >= 0.6 is 0 Å². The fourth-order valence-corrected chi connectivity index (χ4v) is 1.55. The molecule has 94 valence electrons. The van der Waals surface area contributed by atoms with Crippen molar-refractivity contribution in [1.29, 1.82) is 0 Å². The highest BCUT2D eigenvalue weighted by atomic mass is 16.7. The number of hydrogen-bond acceptors (Lipinski definition) is 5. The molecule has 0 atom stereocenters. The molecule has 0 radical (unpaired) electrons. The van der Waals surface area contributed by atoms with E-state index in [1.54, 1.807) is 12.1 Å². The van der Waals surface area contributed by atoms with E-state index >= 15 is 0 Å². The van der Waals surface area contributed by atoms with Crippen molar-refractivity contribution in [2.24, 2.45) is 0 Å². The normalized spacial score (nSPS) is 10.6. The van der Waals surface area contributed by atoms with Crippen LogP contribution in [-0.2, 0) is 15.9 Å². The fourth-order valence-electron chi connectivity index (χ4n) is 1.55. The summed E-state index contributed by atoms with van der Waals surface area (Å²) in [6.45, 7) is 0. The third kappa shape index (κ3) is 3.15. The van der Waals surface area contributed by atoms with E-state index in [4.69, 9.17) is 14.2 Å². The van der Waals surface area contributed by atoms with Gasteiger partial charge in [-0.1, -0.05) is 6.07 Å². The molecule has 6 nitrogen and oxygen atoms in total. The maximum absolute atomic E-state index is 10.9. The van der Waals surface area contributed by atoms with Crippen molar-refractivity contribution in [3.05, 3.63) is 33.9 Å². The Hall–Kier alpha value is -1.66. The quantitative estimate of drug-likeness (QED) is 0.431. The number of methoxy groups -OCH3 is 3. The van der Waals surface area contributed by atoms with Crippen molar-refractivity contribution >= 4 is 5.69 Å². The van der Waals surface area contributed by atoms with Crippen LogP contribution in [0.15, 0.2) is 18.2 Å². The number of ether oxygens (including phenoxy) is 3. The van der Waals surface area contributed by atoms with Gasteiger partial charge in [0.25, 0.3) is 5.69 Å². The molecule has 0 fully saturated rings. The number of hydrogen-bond donors (Lipinski definition) is 0. The lowest BCUT2D eigenvalue weighted by Crippen LogP contribution is -2.17. The minimum atomic E-state index is -0.537. The molecular formula is C11H15NO5. The molecule has 0 saturated heterocycles. The van der Waals surface area contributed by atoms with Crippen LogP contribution in [0.5, 0.6) is 5.75 Å². The van der Waals surface area contributed by atoms with Crippen LogP contribution < -0.4 is 4.74 Å². The molecule has 0 amide bonds. The Morgan fingerprint density at radius 2 is 1.94 bits per heavy atom. The summed E-state index contributed by atoms with van der Waals surface area (Å²) >= 11 is 0. The Bertz CT molecular complexity index is 389. The van der Waals surface area contributed by atoms with E-state index < -0.39 is 11.2 Å². The topological polar surface area (TPSA) is 70.8 Å². The zero-order valence-corrected chi connectivity index (χ0v) is 10.0. The zero-order chi connectivity index (χ0) is 12.8. The van der Waals surface area contributed by atoms with Gasteiger partial charge in [0, 0.05) is 26.7 Å². The van der Waals surface area contributed by atoms with Crippen molar-refractivity contribution in [2.45, 2.75) is 12.7 Å². The van der Waals surface area contributed by atoms with E-state index in [0.717, 1.165) is 0 Å². The number of nitrogens with zero attached hydrogens (tertiary/aromatic N) is 1. The predicted octanol–water partition coefficient (Wildman–Crippen LogP) is 1.76. The number of nitro benzene ring substituents is 1. The van der Waals surface area contributed by atoms with Gasteiger partial charge in [0.2, 0.25) is 0 Å². The van der Waals surface area contributed by atoms with Crippen LogP contribution in [0, 0.1) is 10.1 Å². The van der Waals surface area contributed by atoms with E-state index in [-0.39, 0.29) is 12.1 Å². The van der Waals surface area contributed by atoms with E-state index in [1.807, 2.05) is 0 Å². The Balaban J connectivity index is 3.12. The first kappa shape index (κ1) is 13.4. The highest BCUT2D eigenvalue weighted by Crippen LogP contribution is 2.29. The molecule has 0 heterocycles. The second-order valence-corrected chi connectivity index (χ2v) is 3.32. The zero-order valence-electron chi connectivity index (χ0n) is 10.0. The molecule has 0 bridgehead atoms. The summed E-state index contributed by atoms with van der Waals surface area (Å²) in [6, 6.07) is 4.68. The molecule has 0 aromatic heterocycles. The van der Waals surface area contributed by atoms with Gasteiger partial charge in [0.05, 0.1) is 17.6 Å². The molecule has 1 aromatic carbocycles. The number of nitro groups is 1. The molecule has 0 aliphatic rings. The molecule has 0 aliphatic carbocycles. The van der Waals surface area contributed by atoms with Gasteiger partial charge in [-0.3, -0.25) is 10.1 Å². The molecule has 0 unspecified atom stereocenters. The molecule has 6 heteroatoms. The average Bonchev–Trinajstić information content (AvgIpc) is 2.35. The van der Waals surface area contributed by atoms with Crippen molar-refractivity contribution in [3.8, 4) is 5.75 Å². The molecule has 0 N–H and O–H groups in total. The van der Waals surface area contributed by atoms with Crippen LogP contribution in [0.25, 0.3) is 0 Å². The highest BCUT2D eigenvalue weighted by Gasteiger charge is 2.21. The van der Waals surface area contributed by atoms with Crippen molar-refractivity contribution in [1.82, 2.24) is 0 Å². The third-order valence-corrected chi connectivity index (χ3v) is 2.42. The molecule has 1 aromatic rings. The SMILES string of the molecule is COc1cccc([N+](=O)[O-])c1CC(OC)OC. The molecule has 0 aliphatic heterocycles. The van der Waals surface area contributed by atoms with Gasteiger partial charge in [-0.15, -0.1) is 0 Å². The lowest BCUT2D eigenvalue weighted by Gasteiger charge is -2.15. The Labute approximate surface area is 99.2 Å². The van der Waals surface area contributed by atoms with Crippen LogP contribution in [0.4, 0.5) is 5.69 Å². The van der Waals surface area contributed by atoms with Crippen molar-refractivity contribution < 1.29 is 19.1 Å². The highest BCUT2D eigenvalue weighted by molar-refractivity contribution is 5.49. The number of rotatable bonds is 6. The minimum Gasteiger partial charge on any atom is -0.496 e. The molecule has 1 rings (SSSR count). The summed E-state index contributed by atoms with van der Waals surface area (Å²) in [5.41, 5.74) is 0.470. The smallest absolute Gasteiger partial charge is 0.276 e. The average molecular weight is 241 g/mol. The van der Waals surface area contributed by atoms with Gasteiger partial charge in [-0.05, 0) is 6.07 Å². The Kier molecular flexibility index (Phi) is 4.86. The monoisotopic (exact) mass is 241 g/mol. The molecule has 0 spiro atoms. The summed E-state index contributed by atoms with van der Waals surface area (Å²) in [5.74, 6) is 0.457. The van der Waals surface area contributed by atoms with Crippen LogP contribution in [0.3, 0.4) is 0 Å². The van der Waals surface area contributed by atoms with E-state index in [2.05, 4.69) is 0 Å². The summed E-state index contributed by atoms with van der Waals surface area (Å²) in [6.07, 6.45) is -0.280. The first-order chi connectivity index (χ1) is 8.13. The van der Waals surface area contributed by atoms with Crippen molar-refractivity contribution in [3.63, 3.8) is 0 Å². The number of benzene rings is 1. The van der Waals surface area contributed by atoms with E-state index in [9.17, 15) is 10.1 Å². The molecular weight excluding hydrogens is 226 g/mol. The second kappa shape index (κ2) is 6.17.